The highest BCUT2D eigenvalue weighted by atomic mass is 16.1. The van der Waals surface area contributed by atoms with Gasteiger partial charge in [-0.25, -0.2) is 0 Å². The Labute approximate surface area is 143 Å². The minimum atomic E-state index is -0.343. The molecular formula is C22H22NO. The molecule has 2 aromatic carbocycles. The van der Waals surface area contributed by atoms with Crippen LogP contribution < -0.4 is 5.73 Å². The molecule has 0 bridgehead atoms. The van der Waals surface area contributed by atoms with Crippen molar-refractivity contribution < 1.29 is 4.79 Å². The minimum absolute atomic E-state index is 0.343. The monoisotopic (exact) mass is 316 g/mol. The van der Waals surface area contributed by atoms with Crippen LogP contribution in [0.2, 0.25) is 0 Å². The van der Waals surface area contributed by atoms with Gasteiger partial charge in [0.15, 0.2) is 0 Å². The van der Waals surface area contributed by atoms with Gasteiger partial charge in [-0.05, 0) is 77.1 Å². The van der Waals surface area contributed by atoms with E-state index in [2.05, 4.69) is 50.6 Å². The zero-order chi connectivity index (χ0) is 16.8. The Morgan fingerprint density at radius 3 is 2.75 bits per heavy atom. The first-order valence-corrected chi connectivity index (χ1v) is 8.64. The number of amides is 1. The van der Waals surface area contributed by atoms with Crippen LogP contribution in [0.3, 0.4) is 0 Å². The van der Waals surface area contributed by atoms with Crippen LogP contribution in [0.4, 0.5) is 0 Å². The van der Waals surface area contributed by atoms with Crippen molar-refractivity contribution in [1.82, 2.24) is 0 Å². The lowest BCUT2D eigenvalue weighted by Gasteiger charge is -2.24. The fourth-order valence-electron chi connectivity index (χ4n) is 4.20. The Morgan fingerprint density at radius 1 is 1.25 bits per heavy atom. The molecule has 2 atom stereocenters. The number of carbonyl (C=O) groups is 1. The number of benzene rings is 2. The second-order valence-corrected chi connectivity index (χ2v) is 7.04. The van der Waals surface area contributed by atoms with Gasteiger partial charge in [-0.1, -0.05) is 37.3 Å². The van der Waals surface area contributed by atoms with Gasteiger partial charge in [-0.2, -0.15) is 0 Å². The summed E-state index contributed by atoms with van der Waals surface area (Å²) in [6.07, 6.45) is 6.59. The Hall–Kier alpha value is -2.35. The molecule has 2 nitrogen and oxygen atoms in total. The standard InChI is InChI=1S/C22H22NO/c1-13-4-3-5-19(21(13)16-7-8-16)14(2)18-11-10-15-6-9-17(22(23)24)12-20(15)18/h3-9,12,14,18H,10-11H2,1-2H3,(H2,23,24). The summed E-state index contributed by atoms with van der Waals surface area (Å²) >= 11 is 0. The third-order valence-electron chi connectivity index (χ3n) is 5.58. The molecule has 0 spiro atoms. The first-order valence-electron chi connectivity index (χ1n) is 8.64. The maximum Gasteiger partial charge on any atom is 0.248 e. The Bertz CT molecular complexity index is 862. The zero-order valence-corrected chi connectivity index (χ0v) is 14.2. The van der Waals surface area contributed by atoms with Gasteiger partial charge >= 0.3 is 0 Å². The predicted octanol–water partition coefficient (Wildman–Crippen LogP) is 4.53. The summed E-state index contributed by atoms with van der Waals surface area (Å²) in [6, 6.07) is 12.6. The fourth-order valence-corrected chi connectivity index (χ4v) is 4.20. The molecule has 2 heteroatoms. The molecular weight excluding hydrogens is 294 g/mol. The smallest absolute Gasteiger partial charge is 0.248 e. The quantitative estimate of drug-likeness (QED) is 0.885. The summed E-state index contributed by atoms with van der Waals surface area (Å²) in [7, 11) is 0. The average molecular weight is 316 g/mol. The van der Waals surface area contributed by atoms with Crippen LogP contribution in [0.25, 0.3) is 5.57 Å². The van der Waals surface area contributed by atoms with Crippen molar-refractivity contribution >= 4 is 11.5 Å². The first-order chi connectivity index (χ1) is 11.6. The Morgan fingerprint density at radius 2 is 2.04 bits per heavy atom. The molecule has 2 aliphatic rings. The number of aryl methyl sites for hydroxylation is 2. The van der Waals surface area contributed by atoms with E-state index in [0.717, 1.165) is 12.8 Å². The number of carbonyl (C=O) groups excluding carboxylic acids is 1. The van der Waals surface area contributed by atoms with Gasteiger partial charge in [0.05, 0.1) is 0 Å². The second-order valence-electron chi connectivity index (χ2n) is 7.04. The molecule has 121 valence electrons. The number of hydrogen-bond donors (Lipinski definition) is 1. The van der Waals surface area contributed by atoms with Crippen LogP contribution in [0, 0.1) is 13.3 Å². The molecule has 0 fully saturated rings. The van der Waals surface area contributed by atoms with Crippen LogP contribution in [0.15, 0.2) is 42.5 Å². The molecule has 2 aromatic rings. The van der Waals surface area contributed by atoms with E-state index in [0.29, 0.717) is 17.4 Å². The van der Waals surface area contributed by atoms with Crippen LogP contribution in [-0.2, 0) is 6.42 Å². The maximum atomic E-state index is 11.6. The van der Waals surface area contributed by atoms with E-state index in [1.165, 1.54) is 33.4 Å². The highest BCUT2D eigenvalue weighted by Crippen LogP contribution is 2.46. The zero-order valence-electron chi connectivity index (χ0n) is 14.2. The summed E-state index contributed by atoms with van der Waals surface area (Å²) in [5, 5.41) is 0. The van der Waals surface area contributed by atoms with Crippen molar-refractivity contribution in [2.45, 2.75) is 38.5 Å². The van der Waals surface area contributed by atoms with Crippen LogP contribution in [-0.4, -0.2) is 5.91 Å². The molecule has 0 aliphatic heterocycles. The molecule has 0 heterocycles. The second kappa shape index (κ2) is 5.62. The molecule has 0 aromatic heterocycles. The Balaban J connectivity index is 1.75. The van der Waals surface area contributed by atoms with E-state index in [1.807, 2.05) is 12.1 Å². The topological polar surface area (TPSA) is 43.1 Å². The number of allylic oxidation sites excluding steroid dienone is 2. The van der Waals surface area contributed by atoms with Gasteiger partial charge in [0.1, 0.15) is 0 Å². The van der Waals surface area contributed by atoms with Gasteiger partial charge in [-0.3, -0.25) is 4.79 Å². The first kappa shape index (κ1) is 15.2. The van der Waals surface area contributed by atoms with E-state index >= 15 is 0 Å². The van der Waals surface area contributed by atoms with E-state index < -0.39 is 0 Å². The van der Waals surface area contributed by atoms with Crippen molar-refractivity contribution in [2.24, 2.45) is 5.73 Å². The largest absolute Gasteiger partial charge is 0.366 e. The number of fused-ring (bicyclic) bond motifs is 1. The van der Waals surface area contributed by atoms with E-state index in [-0.39, 0.29) is 5.91 Å². The summed E-state index contributed by atoms with van der Waals surface area (Å²) in [6.45, 7) is 4.50. The third kappa shape index (κ3) is 2.47. The SMILES string of the molecule is Cc1cccc(C(C)C2CCc3ccc(C(N)=O)cc32)c1C1=C[CH]1. The molecule has 2 aliphatic carbocycles. The normalized spacial score (nSPS) is 19.6. The summed E-state index contributed by atoms with van der Waals surface area (Å²) in [4.78, 5) is 11.6. The summed E-state index contributed by atoms with van der Waals surface area (Å²) in [5.74, 6) is 0.517. The molecule has 4 rings (SSSR count). The van der Waals surface area contributed by atoms with Crippen molar-refractivity contribution in [2.75, 3.05) is 0 Å². The molecule has 1 radical (unpaired) electrons. The molecule has 2 unspecified atom stereocenters. The molecule has 0 saturated heterocycles. The van der Waals surface area contributed by atoms with Crippen molar-refractivity contribution in [1.29, 1.82) is 0 Å². The molecule has 2 N–H and O–H groups in total. The van der Waals surface area contributed by atoms with Crippen LogP contribution in [0.1, 0.15) is 63.4 Å². The van der Waals surface area contributed by atoms with Gasteiger partial charge in [0, 0.05) is 12.0 Å². The molecule has 1 amide bonds. The molecule has 24 heavy (non-hydrogen) atoms. The highest BCUT2D eigenvalue weighted by Gasteiger charge is 2.31. The lowest BCUT2D eigenvalue weighted by atomic mass is 9.80. The van der Waals surface area contributed by atoms with Crippen molar-refractivity contribution in [3.8, 4) is 0 Å². The summed E-state index contributed by atoms with van der Waals surface area (Å²) in [5.41, 5.74) is 14.3. The van der Waals surface area contributed by atoms with Gasteiger partial charge in [0.25, 0.3) is 0 Å². The van der Waals surface area contributed by atoms with Gasteiger partial charge < -0.3 is 5.73 Å². The minimum Gasteiger partial charge on any atom is -0.366 e. The van der Waals surface area contributed by atoms with Gasteiger partial charge in [0.2, 0.25) is 5.91 Å². The Kier molecular flexibility index (Phi) is 3.56. The average Bonchev–Trinajstić information content (AvgIpc) is 3.32. The number of hydrogen-bond acceptors (Lipinski definition) is 1. The fraction of sp³-hybridized carbons (Fsp3) is 0.273. The predicted molar refractivity (Wildman–Crippen MR) is 97.9 cm³/mol. The lowest BCUT2D eigenvalue weighted by molar-refractivity contribution is 0.1000. The van der Waals surface area contributed by atoms with Crippen molar-refractivity contribution in [3.63, 3.8) is 0 Å². The number of primary amides is 1. The molecule has 0 saturated carbocycles. The van der Waals surface area contributed by atoms with Crippen LogP contribution >= 0.6 is 0 Å². The number of nitrogens with two attached hydrogens (primary N) is 1. The van der Waals surface area contributed by atoms with E-state index in [1.54, 1.807) is 0 Å². The highest BCUT2D eigenvalue weighted by molar-refractivity contribution is 5.93. The maximum absolute atomic E-state index is 11.6. The van der Waals surface area contributed by atoms with E-state index in [9.17, 15) is 4.79 Å². The number of rotatable bonds is 4. The van der Waals surface area contributed by atoms with E-state index in [4.69, 9.17) is 5.73 Å². The van der Waals surface area contributed by atoms with Gasteiger partial charge in [-0.15, -0.1) is 0 Å². The lowest BCUT2D eigenvalue weighted by Crippen LogP contribution is -2.13. The third-order valence-corrected chi connectivity index (χ3v) is 5.58. The summed E-state index contributed by atoms with van der Waals surface area (Å²) < 4.78 is 0. The van der Waals surface area contributed by atoms with Crippen LogP contribution in [0.5, 0.6) is 0 Å². The van der Waals surface area contributed by atoms with Crippen molar-refractivity contribution in [3.05, 3.63) is 82.3 Å².